The summed E-state index contributed by atoms with van der Waals surface area (Å²) >= 11 is 0. The van der Waals surface area contributed by atoms with Crippen molar-refractivity contribution in [1.29, 1.82) is 5.41 Å². The molecular weight excluding hydrogens is 241 g/mol. The first-order chi connectivity index (χ1) is 8.82. The van der Waals surface area contributed by atoms with Crippen molar-refractivity contribution in [3.8, 4) is 0 Å². The summed E-state index contributed by atoms with van der Waals surface area (Å²) in [7, 11) is 0. The van der Waals surface area contributed by atoms with Gasteiger partial charge in [0.1, 0.15) is 11.7 Å². The molecule has 3 nitrogen and oxygen atoms in total. The molecule has 0 amide bonds. The lowest BCUT2D eigenvalue weighted by Gasteiger charge is -2.28. The summed E-state index contributed by atoms with van der Waals surface area (Å²) in [4.78, 5) is 2.23. The molecule has 0 atom stereocenters. The van der Waals surface area contributed by atoms with Crippen molar-refractivity contribution in [2.45, 2.75) is 40.3 Å². The smallest absolute Gasteiger partial charge is 0.138 e. The minimum atomic E-state index is -0.371. The van der Waals surface area contributed by atoms with Crippen LogP contribution in [-0.4, -0.2) is 23.3 Å². The maximum atomic E-state index is 14.2. The minimum absolute atomic E-state index is 0.186. The van der Waals surface area contributed by atoms with E-state index in [1.165, 1.54) is 0 Å². The molecule has 0 aliphatic heterocycles. The van der Waals surface area contributed by atoms with Crippen molar-refractivity contribution < 1.29 is 4.39 Å². The van der Waals surface area contributed by atoms with Crippen LogP contribution in [0.5, 0.6) is 0 Å². The molecule has 0 aliphatic rings. The van der Waals surface area contributed by atoms with Crippen LogP contribution >= 0.6 is 0 Å². The monoisotopic (exact) mass is 265 g/mol. The van der Waals surface area contributed by atoms with Crippen LogP contribution in [0.15, 0.2) is 18.2 Å². The molecule has 0 spiro atoms. The molecule has 0 heterocycles. The van der Waals surface area contributed by atoms with Gasteiger partial charge >= 0.3 is 0 Å². The summed E-state index contributed by atoms with van der Waals surface area (Å²) in [6.07, 6.45) is 0. The Labute approximate surface area is 115 Å². The molecule has 106 valence electrons. The first-order valence-electron chi connectivity index (χ1n) is 6.68. The molecule has 0 saturated carbocycles. The van der Waals surface area contributed by atoms with Crippen LogP contribution in [0.2, 0.25) is 0 Å². The number of halogens is 1. The van der Waals surface area contributed by atoms with Crippen LogP contribution in [0.25, 0.3) is 0 Å². The van der Waals surface area contributed by atoms with Crippen LogP contribution in [0.3, 0.4) is 0 Å². The predicted octanol–water partition coefficient (Wildman–Crippen LogP) is 2.98. The van der Waals surface area contributed by atoms with Gasteiger partial charge in [0.15, 0.2) is 0 Å². The molecule has 1 aromatic rings. The number of benzene rings is 1. The van der Waals surface area contributed by atoms with Gasteiger partial charge in [-0.05, 0) is 25.8 Å². The number of nitrogen functional groups attached to an aromatic ring is 1. The molecule has 0 unspecified atom stereocenters. The fourth-order valence-electron chi connectivity index (χ4n) is 2.06. The van der Waals surface area contributed by atoms with Crippen molar-refractivity contribution in [2.75, 3.05) is 6.54 Å². The van der Waals surface area contributed by atoms with E-state index < -0.39 is 0 Å². The molecular formula is C15H24FN3. The van der Waals surface area contributed by atoms with Crippen LogP contribution in [-0.2, 0) is 6.54 Å². The van der Waals surface area contributed by atoms with Crippen LogP contribution in [0.1, 0.15) is 38.8 Å². The molecule has 0 aliphatic carbocycles. The third kappa shape index (κ3) is 4.31. The van der Waals surface area contributed by atoms with E-state index in [9.17, 15) is 4.39 Å². The molecule has 3 N–H and O–H groups in total. The predicted molar refractivity (Wildman–Crippen MR) is 77.8 cm³/mol. The molecule has 19 heavy (non-hydrogen) atoms. The molecule has 0 fully saturated rings. The van der Waals surface area contributed by atoms with E-state index in [0.29, 0.717) is 24.1 Å². The van der Waals surface area contributed by atoms with E-state index in [2.05, 4.69) is 32.6 Å². The summed E-state index contributed by atoms with van der Waals surface area (Å²) in [6.45, 7) is 9.98. The van der Waals surface area contributed by atoms with Gasteiger partial charge in [0, 0.05) is 24.7 Å². The van der Waals surface area contributed by atoms with Crippen molar-refractivity contribution in [2.24, 2.45) is 11.7 Å². The van der Waals surface area contributed by atoms with Crippen LogP contribution in [0, 0.1) is 17.1 Å². The van der Waals surface area contributed by atoms with Gasteiger partial charge in [0.25, 0.3) is 0 Å². The maximum absolute atomic E-state index is 14.2. The second-order valence-electron chi connectivity index (χ2n) is 5.61. The lowest BCUT2D eigenvalue weighted by Crippen LogP contribution is -2.34. The summed E-state index contributed by atoms with van der Waals surface area (Å²) in [6, 6.07) is 5.41. The van der Waals surface area contributed by atoms with E-state index in [-0.39, 0.29) is 17.2 Å². The Morgan fingerprint density at radius 2 is 1.95 bits per heavy atom. The Balaban J connectivity index is 2.97. The van der Waals surface area contributed by atoms with E-state index in [1.54, 1.807) is 18.2 Å². The highest BCUT2D eigenvalue weighted by Gasteiger charge is 2.16. The van der Waals surface area contributed by atoms with Crippen molar-refractivity contribution in [3.05, 3.63) is 35.1 Å². The Hall–Kier alpha value is -1.42. The Kier molecular flexibility index (Phi) is 5.48. The van der Waals surface area contributed by atoms with E-state index >= 15 is 0 Å². The maximum Gasteiger partial charge on any atom is 0.138 e. The normalized spacial score (nSPS) is 11.6. The third-order valence-electron chi connectivity index (χ3n) is 3.07. The average molecular weight is 265 g/mol. The molecule has 0 radical (unpaired) electrons. The zero-order chi connectivity index (χ0) is 14.6. The number of hydrogen-bond acceptors (Lipinski definition) is 2. The van der Waals surface area contributed by atoms with Gasteiger partial charge in [0.05, 0.1) is 5.56 Å². The largest absolute Gasteiger partial charge is 0.384 e. The van der Waals surface area contributed by atoms with Gasteiger partial charge in [-0.3, -0.25) is 10.3 Å². The second-order valence-corrected chi connectivity index (χ2v) is 5.61. The number of nitrogens with zero attached hydrogens (tertiary/aromatic N) is 1. The number of amidine groups is 1. The molecule has 0 aromatic heterocycles. The number of nitrogens with one attached hydrogen (secondary N) is 1. The van der Waals surface area contributed by atoms with Crippen LogP contribution in [0.4, 0.5) is 4.39 Å². The standard InChI is InChI=1S/C15H24FN3/c1-10(2)8-19(11(3)4)9-12-6-5-7-13(14(12)16)15(17)18/h5-7,10-11H,8-9H2,1-4H3,(H3,17,18). The Morgan fingerprint density at radius 1 is 1.32 bits per heavy atom. The van der Waals surface area contributed by atoms with Crippen LogP contribution < -0.4 is 5.73 Å². The van der Waals surface area contributed by atoms with Crippen molar-refractivity contribution >= 4 is 5.84 Å². The summed E-state index contributed by atoms with van der Waals surface area (Å²) < 4.78 is 14.2. The molecule has 4 heteroatoms. The first-order valence-corrected chi connectivity index (χ1v) is 6.68. The highest BCUT2D eigenvalue weighted by molar-refractivity contribution is 5.95. The lowest BCUT2D eigenvalue weighted by molar-refractivity contribution is 0.187. The highest BCUT2D eigenvalue weighted by atomic mass is 19.1. The molecule has 1 aromatic carbocycles. The van der Waals surface area contributed by atoms with Gasteiger partial charge in [-0.25, -0.2) is 4.39 Å². The summed E-state index contributed by atoms with van der Waals surface area (Å²) in [5, 5.41) is 7.38. The molecule has 0 bridgehead atoms. The van der Waals surface area contributed by atoms with Crippen molar-refractivity contribution in [1.82, 2.24) is 4.90 Å². The highest BCUT2D eigenvalue weighted by Crippen LogP contribution is 2.17. The number of nitrogens with two attached hydrogens (primary N) is 1. The van der Waals surface area contributed by atoms with Gasteiger partial charge < -0.3 is 5.73 Å². The number of rotatable bonds is 6. The average Bonchev–Trinajstić information content (AvgIpc) is 2.29. The van der Waals surface area contributed by atoms with Gasteiger partial charge in [0.2, 0.25) is 0 Å². The zero-order valence-corrected chi connectivity index (χ0v) is 12.2. The SMILES string of the molecule is CC(C)CN(Cc1cccc(C(=N)N)c1F)C(C)C. The Bertz CT molecular complexity index is 441. The first kappa shape index (κ1) is 15.6. The van der Waals surface area contributed by atoms with E-state index in [0.717, 1.165) is 6.54 Å². The number of hydrogen-bond donors (Lipinski definition) is 2. The quantitative estimate of drug-likeness (QED) is 0.613. The third-order valence-corrected chi connectivity index (χ3v) is 3.07. The lowest BCUT2D eigenvalue weighted by atomic mass is 10.1. The molecule has 1 rings (SSSR count). The summed E-state index contributed by atoms with van der Waals surface area (Å²) in [5.41, 5.74) is 6.17. The van der Waals surface area contributed by atoms with Gasteiger partial charge in [-0.15, -0.1) is 0 Å². The topological polar surface area (TPSA) is 53.1 Å². The summed E-state index contributed by atoms with van der Waals surface area (Å²) in [5.74, 6) is -0.0647. The fraction of sp³-hybridized carbons (Fsp3) is 0.533. The fourth-order valence-corrected chi connectivity index (χ4v) is 2.06. The van der Waals surface area contributed by atoms with E-state index in [1.807, 2.05) is 0 Å². The minimum Gasteiger partial charge on any atom is -0.384 e. The van der Waals surface area contributed by atoms with Crippen molar-refractivity contribution in [3.63, 3.8) is 0 Å². The molecule has 0 saturated heterocycles. The Morgan fingerprint density at radius 3 is 2.42 bits per heavy atom. The zero-order valence-electron chi connectivity index (χ0n) is 12.2. The van der Waals surface area contributed by atoms with Gasteiger partial charge in [-0.2, -0.15) is 0 Å². The van der Waals surface area contributed by atoms with Gasteiger partial charge in [-0.1, -0.05) is 26.0 Å². The second kappa shape index (κ2) is 6.66. The van der Waals surface area contributed by atoms with E-state index in [4.69, 9.17) is 11.1 Å².